The molecule has 2 N–H and O–H groups in total. The van der Waals surface area contributed by atoms with Crippen molar-refractivity contribution < 1.29 is 28.2 Å². The summed E-state index contributed by atoms with van der Waals surface area (Å²) >= 11 is 0. The fourth-order valence-corrected chi connectivity index (χ4v) is 2.76. The predicted octanol–water partition coefficient (Wildman–Crippen LogP) is 2.46. The summed E-state index contributed by atoms with van der Waals surface area (Å²) < 4.78 is 22.8. The number of aromatic amines is 1. The molecule has 8 heteroatoms. The van der Waals surface area contributed by atoms with E-state index in [2.05, 4.69) is 10.3 Å². The average molecular weight is 390 g/mol. The van der Waals surface area contributed by atoms with Gasteiger partial charge >= 0.3 is 11.9 Å². The lowest BCUT2D eigenvalue weighted by Crippen LogP contribution is -2.37. The van der Waals surface area contributed by atoms with Crippen LogP contribution in [-0.2, 0) is 20.7 Å². The highest BCUT2D eigenvalue weighted by Gasteiger charge is 2.26. The van der Waals surface area contributed by atoms with Crippen LogP contribution >= 0.6 is 0 Å². The van der Waals surface area contributed by atoms with Crippen LogP contribution in [0.25, 0.3) is 0 Å². The third-order valence-electron chi connectivity index (χ3n) is 4.31. The lowest BCUT2D eigenvalue weighted by molar-refractivity contribution is -0.129. The predicted molar refractivity (Wildman–Crippen MR) is 99.6 cm³/mol. The Morgan fingerprint density at radius 2 is 1.79 bits per heavy atom. The van der Waals surface area contributed by atoms with Crippen molar-refractivity contribution >= 4 is 17.8 Å². The number of H-pyrrole nitrogens is 1. The van der Waals surface area contributed by atoms with E-state index in [-0.39, 0.29) is 17.1 Å². The molecule has 0 fully saturated rings. The zero-order valence-electron chi connectivity index (χ0n) is 16.2. The monoisotopic (exact) mass is 390 g/mol. The van der Waals surface area contributed by atoms with Crippen LogP contribution in [0, 0.1) is 19.7 Å². The van der Waals surface area contributed by atoms with Crippen molar-refractivity contribution in [1.82, 2.24) is 10.3 Å². The van der Waals surface area contributed by atoms with Gasteiger partial charge in [0.05, 0.1) is 12.7 Å². The van der Waals surface area contributed by atoms with E-state index in [4.69, 9.17) is 9.47 Å². The highest BCUT2D eigenvalue weighted by Crippen LogP contribution is 2.20. The molecule has 1 aromatic carbocycles. The second kappa shape index (κ2) is 9.16. The molecule has 0 bridgehead atoms. The Morgan fingerprint density at radius 1 is 1.14 bits per heavy atom. The first kappa shape index (κ1) is 21.1. The number of ether oxygens (including phenoxy) is 2. The molecule has 0 saturated carbocycles. The number of hydrogen-bond acceptors (Lipinski definition) is 5. The number of rotatable bonds is 7. The highest BCUT2D eigenvalue weighted by atomic mass is 19.1. The number of esters is 2. The number of benzene rings is 1. The lowest BCUT2D eigenvalue weighted by atomic mass is 10.1. The van der Waals surface area contributed by atoms with Crippen molar-refractivity contribution in [2.24, 2.45) is 0 Å². The Labute approximate surface area is 162 Å². The molecule has 0 radical (unpaired) electrons. The molecule has 1 amide bonds. The topological polar surface area (TPSA) is 97.5 Å². The average Bonchev–Trinajstić information content (AvgIpc) is 2.96. The molecule has 1 atom stereocenters. The highest BCUT2D eigenvalue weighted by molar-refractivity contribution is 5.99. The maximum Gasteiger partial charge on any atom is 0.355 e. The number of amides is 1. The number of aryl methyl sites for hydroxylation is 1. The fraction of sp³-hybridized carbons (Fsp3) is 0.350. The van der Waals surface area contributed by atoms with Crippen LogP contribution in [0.15, 0.2) is 24.3 Å². The molecule has 0 saturated heterocycles. The first-order valence-corrected chi connectivity index (χ1v) is 8.75. The van der Waals surface area contributed by atoms with Crippen LogP contribution in [-0.4, -0.2) is 42.6 Å². The summed E-state index contributed by atoms with van der Waals surface area (Å²) in [5.41, 5.74) is 2.12. The van der Waals surface area contributed by atoms with Gasteiger partial charge in [0.15, 0.2) is 6.10 Å². The molecular weight excluding hydrogens is 367 g/mol. The number of halogens is 1. The van der Waals surface area contributed by atoms with Crippen LogP contribution < -0.4 is 5.32 Å². The van der Waals surface area contributed by atoms with E-state index < -0.39 is 23.9 Å². The summed E-state index contributed by atoms with van der Waals surface area (Å²) in [4.78, 5) is 39.1. The van der Waals surface area contributed by atoms with Gasteiger partial charge in [-0.05, 0) is 50.5 Å². The SMILES string of the molecule is COC(=O)c1c(C)[nH]c(C(=O)OC(C)C(=O)NCCc2ccc(F)cc2)c1C. The van der Waals surface area contributed by atoms with Crippen LogP contribution in [0.1, 0.15) is 44.6 Å². The number of nitrogens with one attached hydrogen (secondary N) is 2. The van der Waals surface area contributed by atoms with Crippen LogP contribution in [0.3, 0.4) is 0 Å². The minimum absolute atomic E-state index is 0.101. The molecule has 0 aliphatic carbocycles. The smallest absolute Gasteiger partial charge is 0.355 e. The third-order valence-corrected chi connectivity index (χ3v) is 4.31. The number of carbonyl (C=O) groups is 3. The van der Waals surface area contributed by atoms with E-state index in [1.54, 1.807) is 26.0 Å². The number of methoxy groups -OCH3 is 1. The molecule has 0 spiro atoms. The van der Waals surface area contributed by atoms with Gasteiger partial charge in [0.2, 0.25) is 0 Å². The first-order valence-electron chi connectivity index (χ1n) is 8.75. The number of carbonyl (C=O) groups excluding carboxylic acids is 3. The van der Waals surface area contributed by atoms with Gasteiger partial charge in [-0.15, -0.1) is 0 Å². The Morgan fingerprint density at radius 3 is 2.39 bits per heavy atom. The van der Waals surface area contributed by atoms with Gasteiger partial charge in [-0.25, -0.2) is 14.0 Å². The van der Waals surface area contributed by atoms with Gasteiger partial charge in [0.25, 0.3) is 5.91 Å². The minimum Gasteiger partial charge on any atom is -0.465 e. The standard InChI is InChI=1S/C20H23FN2O5/c1-11-16(19(25)27-4)12(2)23-17(11)20(26)28-13(3)18(24)22-10-9-14-5-7-15(21)8-6-14/h5-8,13,23H,9-10H2,1-4H3,(H,22,24). The molecule has 1 heterocycles. The first-order chi connectivity index (χ1) is 13.2. The van der Waals surface area contributed by atoms with Gasteiger partial charge < -0.3 is 19.8 Å². The van der Waals surface area contributed by atoms with Crippen molar-refractivity contribution in [1.29, 1.82) is 0 Å². The second-order valence-corrected chi connectivity index (χ2v) is 6.33. The van der Waals surface area contributed by atoms with Crippen molar-refractivity contribution in [3.05, 3.63) is 58.2 Å². The molecule has 1 unspecified atom stereocenters. The van der Waals surface area contributed by atoms with E-state index >= 15 is 0 Å². The largest absolute Gasteiger partial charge is 0.465 e. The van der Waals surface area contributed by atoms with Crippen molar-refractivity contribution in [3.63, 3.8) is 0 Å². The molecule has 28 heavy (non-hydrogen) atoms. The second-order valence-electron chi connectivity index (χ2n) is 6.33. The van der Waals surface area contributed by atoms with Crippen molar-refractivity contribution in [3.8, 4) is 0 Å². The van der Waals surface area contributed by atoms with Gasteiger partial charge in [-0.2, -0.15) is 0 Å². The molecule has 7 nitrogen and oxygen atoms in total. The maximum absolute atomic E-state index is 12.9. The molecule has 150 valence electrons. The van der Waals surface area contributed by atoms with Crippen molar-refractivity contribution in [2.75, 3.05) is 13.7 Å². The van der Waals surface area contributed by atoms with E-state index in [0.717, 1.165) is 5.56 Å². The summed E-state index contributed by atoms with van der Waals surface area (Å²) in [6.07, 6.45) is -0.505. The molecule has 2 rings (SSSR count). The van der Waals surface area contributed by atoms with E-state index in [1.165, 1.54) is 26.2 Å². The van der Waals surface area contributed by atoms with Crippen LogP contribution in [0.2, 0.25) is 0 Å². The van der Waals surface area contributed by atoms with E-state index in [9.17, 15) is 18.8 Å². The van der Waals surface area contributed by atoms with E-state index in [0.29, 0.717) is 24.2 Å². The Balaban J connectivity index is 1.92. The molecule has 2 aromatic rings. The normalized spacial score (nSPS) is 11.6. The van der Waals surface area contributed by atoms with E-state index in [1.807, 2.05) is 0 Å². The quantitative estimate of drug-likeness (QED) is 0.708. The zero-order valence-corrected chi connectivity index (χ0v) is 16.2. The zero-order chi connectivity index (χ0) is 20.8. The summed E-state index contributed by atoms with van der Waals surface area (Å²) in [5, 5.41) is 2.67. The minimum atomic E-state index is -1.02. The van der Waals surface area contributed by atoms with Gasteiger partial charge in [0.1, 0.15) is 11.5 Å². The molecular formula is C20H23FN2O5. The lowest BCUT2D eigenvalue weighted by Gasteiger charge is -2.13. The summed E-state index contributed by atoms with van der Waals surface area (Å²) in [7, 11) is 1.25. The fourth-order valence-electron chi connectivity index (χ4n) is 2.76. The Bertz CT molecular complexity index is 873. The summed E-state index contributed by atoms with van der Waals surface area (Å²) in [6.45, 7) is 5.01. The maximum atomic E-state index is 12.9. The third kappa shape index (κ3) is 4.97. The van der Waals surface area contributed by atoms with Gasteiger partial charge in [-0.3, -0.25) is 4.79 Å². The Kier molecular flexibility index (Phi) is 6.92. The molecule has 0 aliphatic rings. The van der Waals surface area contributed by atoms with Gasteiger partial charge in [-0.1, -0.05) is 12.1 Å². The molecule has 1 aromatic heterocycles. The summed E-state index contributed by atoms with van der Waals surface area (Å²) in [5.74, 6) is -2.07. The Hall–Kier alpha value is -3.16. The van der Waals surface area contributed by atoms with Crippen LogP contribution in [0.5, 0.6) is 0 Å². The summed E-state index contributed by atoms with van der Waals surface area (Å²) in [6, 6.07) is 5.98. The molecule has 0 aliphatic heterocycles. The van der Waals surface area contributed by atoms with Crippen molar-refractivity contribution in [2.45, 2.75) is 33.3 Å². The van der Waals surface area contributed by atoms with Gasteiger partial charge in [0, 0.05) is 12.2 Å². The van der Waals surface area contributed by atoms with Crippen LogP contribution in [0.4, 0.5) is 4.39 Å². The number of hydrogen-bond donors (Lipinski definition) is 2. The number of aromatic nitrogens is 1.